The highest BCUT2D eigenvalue weighted by Crippen LogP contribution is 2.19. The molecule has 1 aromatic carbocycles. The fraction of sp³-hybridized carbons (Fsp3) is 0.550. The standard InChI is InChI=1S/C20H29N3O4S/c1-4-27-19(26)14-28-13-18(25)23-10-8-22(9-11-23)12-17(24)21-20-15(2)6-5-7-16(20)3/h5-7H,4,8-14H2,1-3H3,(H,21,24). The van der Waals surface area contributed by atoms with Gasteiger partial charge < -0.3 is 15.0 Å². The number of anilines is 1. The number of rotatable bonds is 8. The highest BCUT2D eigenvalue weighted by atomic mass is 32.2. The Bertz CT molecular complexity index is 682. The number of thioether (sulfide) groups is 1. The Morgan fingerprint density at radius 1 is 1.07 bits per heavy atom. The van der Waals surface area contributed by atoms with Crippen LogP contribution in [-0.4, -0.2) is 78.4 Å². The zero-order chi connectivity index (χ0) is 20.5. The Labute approximate surface area is 170 Å². The van der Waals surface area contributed by atoms with Gasteiger partial charge in [-0.15, -0.1) is 11.8 Å². The van der Waals surface area contributed by atoms with Crippen molar-refractivity contribution < 1.29 is 19.1 Å². The summed E-state index contributed by atoms with van der Waals surface area (Å²) in [5.41, 5.74) is 2.97. The van der Waals surface area contributed by atoms with Gasteiger partial charge in [0.15, 0.2) is 0 Å². The topological polar surface area (TPSA) is 79.0 Å². The first kappa shape index (κ1) is 22.2. The second-order valence-electron chi connectivity index (χ2n) is 6.77. The zero-order valence-corrected chi connectivity index (χ0v) is 17.6. The summed E-state index contributed by atoms with van der Waals surface area (Å²) in [4.78, 5) is 39.8. The molecule has 7 nitrogen and oxygen atoms in total. The number of hydrogen-bond acceptors (Lipinski definition) is 6. The third-order valence-corrected chi connectivity index (χ3v) is 5.48. The lowest BCUT2D eigenvalue weighted by Gasteiger charge is -2.34. The molecular formula is C20H29N3O4S. The molecule has 0 unspecified atom stereocenters. The molecule has 0 bridgehead atoms. The number of aryl methyl sites for hydroxylation is 2. The van der Waals surface area contributed by atoms with E-state index in [4.69, 9.17) is 4.74 Å². The molecule has 0 radical (unpaired) electrons. The first-order valence-corrected chi connectivity index (χ1v) is 10.7. The van der Waals surface area contributed by atoms with Crippen LogP contribution in [0.2, 0.25) is 0 Å². The Morgan fingerprint density at radius 2 is 1.71 bits per heavy atom. The van der Waals surface area contributed by atoms with E-state index in [1.165, 1.54) is 11.8 Å². The Morgan fingerprint density at radius 3 is 2.32 bits per heavy atom. The number of piperazine rings is 1. The van der Waals surface area contributed by atoms with Crippen LogP contribution in [-0.2, 0) is 19.1 Å². The van der Waals surface area contributed by atoms with Gasteiger partial charge in [-0.2, -0.15) is 0 Å². The fourth-order valence-electron chi connectivity index (χ4n) is 3.06. The van der Waals surface area contributed by atoms with Gasteiger partial charge in [-0.05, 0) is 31.9 Å². The van der Waals surface area contributed by atoms with E-state index in [9.17, 15) is 14.4 Å². The summed E-state index contributed by atoms with van der Waals surface area (Å²) in [6.45, 7) is 8.89. The van der Waals surface area contributed by atoms with Crippen LogP contribution in [0, 0.1) is 13.8 Å². The van der Waals surface area contributed by atoms with Crippen molar-refractivity contribution in [1.82, 2.24) is 9.80 Å². The van der Waals surface area contributed by atoms with Gasteiger partial charge in [0, 0.05) is 31.9 Å². The predicted octanol–water partition coefficient (Wildman–Crippen LogP) is 1.68. The number of para-hydroxylation sites is 1. The van der Waals surface area contributed by atoms with Crippen molar-refractivity contribution >= 4 is 35.2 Å². The molecule has 1 heterocycles. The van der Waals surface area contributed by atoms with Crippen molar-refractivity contribution in [3.05, 3.63) is 29.3 Å². The van der Waals surface area contributed by atoms with Gasteiger partial charge in [-0.1, -0.05) is 18.2 Å². The third kappa shape index (κ3) is 6.83. The van der Waals surface area contributed by atoms with Gasteiger partial charge in [0.2, 0.25) is 11.8 Å². The molecule has 0 spiro atoms. The maximum absolute atomic E-state index is 12.4. The summed E-state index contributed by atoms with van der Waals surface area (Å²) in [5, 5.41) is 3.00. The average Bonchev–Trinajstić information content (AvgIpc) is 2.65. The van der Waals surface area contributed by atoms with Crippen molar-refractivity contribution in [2.75, 3.05) is 56.2 Å². The van der Waals surface area contributed by atoms with Crippen LogP contribution in [0.15, 0.2) is 18.2 Å². The van der Waals surface area contributed by atoms with Crippen molar-refractivity contribution in [2.45, 2.75) is 20.8 Å². The first-order valence-electron chi connectivity index (χ1n) is 9.50. The molecule has 1 N–H and O–H groups in total. The highest BCUT2D eigenvalue weighted by Gasteiger charge is 2.22. The maximum atomic E-state index is 12.4. The summed E-state index contributed by atoms with van der Waals surface area (Å²) < 4.78 is 4.85. The van der Waals surface area contributed by atoms with E-state index in [0.717, 1.165) is 16.8 Å². The quantitative estimate of drug-likeness (QED) is 0.661. The summed E-state index contributed by atoms with van der Waals surface area (Å²) in [5.74, 6) is 0.153. The normalized spacial score (nSPS) is 14.6. The van der Waals surface area contributed by atoms with Crippen LogP contribution in [0.1, 0.15) is 18.1 Å². The highest BCUT2D eigenvalue weighted by molar-refractivity contribution is 8.00. The van der Waals surface area contributed by atoms with Crippen molar-refractivity contribution in [3.8, 4) is 0 Å². The molecule has 154 valence electrons. The molecular weight excluding hydrogens is 378 g/mol. The predicted molar refractivity (Wildman–Crippen MR) is 112 cm³/mol. The van der Waals surface area contributed by atoms with E-state index < -0.39 is 0 Å². The van der Waals surface area contributed by atoms with E-state index in [0.29, 0.717) is 39.3 Å². The summed E-state index contributed by atoms with van der Waals surface area (Å²) in [6.07, 6.45) is 0. The number of nitrogens with one attached hydrogen (secondary N) is 1. The fourth-order valence-corrected chi connectivity index (χ4v) is 3.77. The number of nitrogens with zero attached hydrogens (tertiary/aromatic N) is 2. The second-order valence-corrected chi connectivity index (χ2v) is 7.76. The number of hydrogen-bond donors (Lipinski definition) is 1. The lowest BCUT2D eigenvalue weighted by molar-refractivity contribution is -0.139. The van der Waals surface area contributed by atoms with Gasteiger partial charge >= 0.3 is 5.97 Å². The van der Waals surface area contributed by atoms with E-state index in [1.54, 1.807) is 11.8 Å². The minimum absolute atomic E-state index is 0.0222. The van der Waals surface area contributed by atoms with E-state index in [-0.39, 0.29) is 29.3 Å². The van der Waals surface area contributed by atoms with Gasteiger partial charge in [-0.25, -0.2) is 0 Å². The van der Waals surface area contributed by atoms with E-state index >= 15 is 0 Å². The number of benzene rings is 1. The molecule has 2 amide bonds. The van der Waals surface area contributed by atoms with E-state index in [2.05, 4.69) is 10.2 Å². The van der Waals surface area contributed by atoms with Gasteiger partial charge in [0.1, 0.15) is 0 Å². The Kier molecular flexibility index (Phi) is 8.79. The minimum atomic E-state index is -0.292. The zero-order valence-electron chi connectivity index (χ0n) is 16.8. The SMILES string of the molecule is CCOC(=O)CSCC(=O)N1CCN(CC(=O)Nc2c(C)cccc2C)CC1. The van der Waals surface area contributed by atoms with Crippen molar-refractivity contribution in [2.24, 2.45) is 0 Å². The van der Waals surface area contributed by atoms with Crippen LogP contribution in [0.25, 0.3) is 0 Å². The van der Waals surface area contributed by atoms with Crippen LogP contribution < -0.4 is 5.32 Å². The van der Waals surface area contributed by atoms with Gasteiger partial charge in [0.25, 0.3) is 0 Å². The summed E-state index contributed by atoms with van der Waals surface area (Å²) in [7, 11) is 0. The molecule has 0 atom stereocenters. The van der Waals surface area contributed by atoms with Crippen LogP contribution in [0.3, 0.4) is 0 Å². The first-order chi connectivity index (χ1) is 13.4. The molecule has 1 saturated heterocycles. The summed E-state index contributed by atoms with van der Waals surface area (Å²) >= 11 is 1.27. The summed E-state index contributed by atoms with van der Waals surface area (Å²) in [6, 6.07) is 5.93. The van der Waals surface area contributed by atoms with Crippen molar-refractivity contribution in [3.63, 3.8) is 0 Å². The number of ether oxygens (including phenoxy) is 1. The molecule has 2 rings (SSSR count). The van der Waals surface area contributed by atoms with E-state index in [1.807, 2.05) is 32.0 Å². The molecule has 0 aromatic heterocycles. The Balaban J connectivity index is 1.71. The van der Waals surface area contributed by atoms with Crippen molar-refractivity contribution in [1.29, 1.82) is 0 Å². The molecule has 28 heavy (non-hydrogen) atoms. The third-order valence-electron chi connectivity index (χ3n) is 4.59. The van der Waals surface area contributed by atoms with Crippen LogP contribution in [0.4, 0.5) is 5.69 Å². The smallest absolute Gasteiger partial charge is 0.315 e. The molecule has 0 saturated carbocycles. The largest absolute Gasteiger partial charge is 0.465 e. The number of carbonyl (C=O) groups excluding carboxylic acids is 3. The van der Waals surface area contributed by atoms with Crippen LogP contribution in [0.5, 0.6) is 0 Å². The minimum Gasteiger partial charge on any atom is -0.465 e. The maximum Gasteiger partial charge on any atom is 0.315 e. The Hall–Kier alpha value is -2.06. The molecule has 1 aliphatic heterocycles. The molecule has 0 aliphatic carbocycles. The van der Waals surface area contributed by atoms with Crippen LogP contribution >= 0.6 is 11.8 Å². The lowest BCUT2D eigenvalue weighted by Crippen LogP contribution is -2.51. The second kappa shape index (κ2) is 11.1. The number of carbonyl (C=O) groups is 3. The molecule has 1 aromatic rings. The molecule has 1 aliphatic rings. The number of amides is 2. The van der Waals surface area contributed by atoms with Gasteiger partial charge in [-0.3, -0.25) is 19.3 Å². The average molecular weight is 408 g/mol. The molecule has 1 fully saturated rings. The lowest BCUT2D eigenvalue weighted by atomic mass is 10.1. The molecule has 8 heteroatoms. The monoisotopic (exact) mass is 407 g/mol. The number of esters is 1. The van der Waals surface area contributed by atoms with Gasteiger partial charge in [0.05, 0.1) is 24.7 Å².